The van der Waals surface area contributed by atoms with E-state index in [2.05, 4.69) is 5.32 Å². The molecule has 0 unspecified atom stereocenters. The predicted molar refractivity (Wildman–Crippen MR) is 73.0 cm³/mol. The van der Waals surface area contributed by atoms with E-state index in [4.69, 9.17) is 5.11 Å². The number of amides is 2. The van der Waals surface area contributed by atoms with Gasteiger partial charge in [-0.25, -0.2) is 4.79 Å². The van der Waals surface area contributed by atoms with Crippen LogP contribution in [-0.4, -0.2) is 61.0 Å². The molecular weight excluding hydrogens is 287 g/mol. The van der Waals surface area contributed by atoms with E-state index in [9.17, 15) is 18.0 Å². The van der Waals surface area contributed by atoms with Gasteiger partial charge in [0.25, 0.3) is 0 Å². The van der Waals surface area contributed by atoms with Gasteiger partial charge in [0.05, 0.1) is 6.61 Å². The quantitative estimate of drug-likeness (QED) is 0.696. The third kappa shape index (κ3) is 6.09. The first kappa shape index (κ1) is 18.0. The Labute approximate surface area is 122 Å². The van der Waals surface area contributed by atoms with E-state index in [0.29, 0.717) is 6.54 Å². The molecule has 0 aromatic carbocycles. The summed E-state index contributed by atoms with van der Waals surface area (Å²) in [4.78, 5) is 13.5. The normalized spacial score (nSPS) is 18.6. The molecule has 0 aliphatic heterocycles. The summed E-state index contributed by atoms with van der Waals surface area (Å²) in [7, 11) is 1.87. The number of carbonyl (C=O) groups excluding carboxylic acids is 1. The fourth-order valence-corrected chi connectivity index (χ4v) is 2.78. The molecule has 8 heteroatoms. The fraction of sp³-hybridized carbons (Fsp3) is 0.923. The molecule has 0 aromatic heterocycles. The first-order valence-electron chi connectivity index (χ1n) is 7.20. The van der Waals surface area contributed by atoms with Gasteiger partial charge in [-0.1, -0.05) is 19.3 Å². The van der Waals surface area contributed by atoms with Gasteiger partial charge in [-0.05, 0) is 19.9 Å². The minimum atomic E-state index is -4.41. The highest BCUT2D eigenvalue weighted by Crippen LogP contribution is 2.32. The third-order valence-corrected chi connectivity index (χ3v) is 4.06. The molecule has 3 N–H and O–H groups in total. The van der Waals surface area contributed by atoms with Gasteiger partial charge in [0.15, 0.2) is 0 Å². The zero-order valence-electron chi connectivity index (χ0n) is 12.3. The number of urea groups is 1. The lowest BCUT2D eigenvalue weighted by atomic mass is 9.80. The van der Waals surface area contributed by atoms with Crippen molar-refractivity contribution in [1.29, 1.82) is 0 Å². The number of aliphatic hydroxyl groups is 1. The predicted octanol–water partition coefficient (Wildman–Crippen LogP) is 1.47. The van der Waals surface area contributed by atoms with Crippen LogP contribution >= 0.6 is 0 Å². The molecule has 5 nitrogen and oxygen atoms in total. The smallest absolute Gasteiger partial charge is 0.395 e. The summed E-state index contributed by atoms with van der Waals surface area (Å²) in [6.07, 6.45) is 0.470. The lowest BCUT2D eigenvalue weighted by molar-refractivity contribution is -0.122. The van der Waals surface area contributed by atoms with Crippen molar-refractivity contribution in [2.45, 2.75) is 43.8 Å². The van der Waals surface area contributed by atoms with Crippen LogP contribution in [0.4, 0.5) is 18.0 Å². The zero-order chi connectivity index (χ0) is 15.9. The van der Waals surface area contributed by atoms with E-state index in [1.807, 2.05) is 17.3 Å². The van der Waals surface area contributed by atoms with Gasteiger partial charge < -0.3 is 15.7 Å². The van der Waals surface area contributed by atoms with E-state index in [0.717, 1.165) is 32.1 Å². The average molecular weight is 311 g/mol. The van der Waals surface area contributed by atoms with Crippen LogP contribution in [0.2, 0.25) is 0 Å². The van der Waals surface area contributed by atoms with Gasteiger partial charge in [-0.3, -0.25) is 4.90 Å². The lowest BCUT2D eigenvalue weighted by Gasteiger charge is -2.44. The highest BCUT2D eigenvalue weighted by molar-refractivity contribution is 5.73. The van der Waals surface area contributed by atoms with Crippen LogP contribution in [0.25, 0.3) is 0 Å². The molecule has 0 atom stereocenters. The summed E-state index contributed by atoms with van der Waals surface area (Å²) in [6, 6.07) is -0.810. The number of carbonyl (C=O) groups is 1. The number of aliphatic hydroxyl groups excluding tert-OH is 1. The monoisotopic (exact) mass is 311 g/mol. The van der Waals surface area contributed by atoms with Crippen molar-refractivity contribution >= 4 is 6.03 Å². The number of β-amino-alcohol motifs (C(OH)–C–C–N with tert-alkyl or cyclic N) is 1. The number of hydrogen-bond acceptors (Lipinski definition) is 3. The van der Waals surface area contributed by atoms with Gasteiger partial charge in [0.1, 0.15) is 6.54 Å². The molecule has 0 heterocycles. The number of halogens is 3. The highest BCUT2D eigenvalue weighted by Gasteiger charge is 2.36. The molecule has 1 rings (SSSR count). The Balaban J connectivity index is 2.51. The second-order valence-corrected chi connectivity index (χ2v) is 5.58. The molecule has 0 spiro atoms. The van der Waals surface area contributed by atoms with Crippen LogP contribution in [-0.2, 0) is 0 Å². The molecule has 0 saturated heterocycles. The van der Waals surface area contributed by atoms with Crippen LogP contribution in [0, 0.1) is 0 Å². The molecule has 0 bridgehead atoms. The number of alkyl halides is 3. The summed E-state index contributed by atoms with van der Waals surface area (Å²) in [5.74, 6) is 0. The standard InChI is InChI=1S/C13H24F3N3O2/c1-19(7-8-20)12(5-3-2-4-6-12)9-17-11(21)18-10-13(14,15)16/h20H,2-10H2,1H3,(H2,17,18,21). The minimum absolute atomic E-state index is 0.0124. The van der Waals surface area contributed by atoms with Crippen molar-refractivity contribution < 1.29 is 23.1 Å². The van der Waals surface area contributed by atoms with E-state index in [1.165, 1.54) is 0 Å². The van der Waals surface area contributed by atoms with E-state index >= 15 is 0 Å². The molecule has 2 amide bonds. The Morgan fingerprint density at radius 2 is 1.86 bits per heavy atom. The van der Waals surface area contributed by atoms with Gasteiger partial charge in [-0.2, -0.15) is 13.2 Å². The van der Waals surface area contributed by atoms with E-state index in [1.54, 1.807) is 0 Å². The van der Waals surface area contributed by atoms with Crippen LogP contribution in [0.1, 0.15) is 32.1 Å². The SMILES string of the molecule is CN(CCO)C1(CNC(=O)NCC(F)(F)F)CCCCC1. The summed E-state index contributed by atoms with van der Waals surface area (Å²) in [5.41, 5.74) is -0.281. The molecule has 1 saturated carbocycles. The van der Waals surface area contributed by atoms with Crippen LogP contribution in [0.3, 0.4) is 0 Å². The summed E-state index contributed by atoms with van der Waals surface area (Å²) in [5, 5.41) is 13.4. The average Bonchev–Trinajstić information content (AvgIpc) is 2.43. The minimum Gasteiger partial charge on any atom is -0.395 e. The maximum absolute atomic E-state index is 12.0. The van der Waals surface area contributed by atoms with Crippen LogP contribution in [0.5, 0.6) is 0 Å². The number of nitrogens with one attached hydrogen (secondary N) is 2. The summed E-state index contributed by atoms with van der Waals surface area (Å²) >= 11 is 0. The maximum atomic E-state index is 12.0. The maximum Gasteiger partial charge on any atom is 0.405 e. The number of rotatable bonds is 6. The number of nitrogens with zero attached hydrogens (tertiary/aromatic N) is 1. The van der Waals surface area contributed by atoms with Crippen molar-refractivity contribution in [3.63, 3.8) is 0 Å². The van der Waals surface area contributed by atoms with E-state index < -0.39 is 18.8 Å². The fourth-order valence-electron chi connectivity index (χ4n) is 2.78. The Morgan fingerprint density at radius 1 is 1.24 bits per heavy atom. The van der Waals surface area contributed by atoms with Crippen molar-refractivity contribution in [2.75, 3.05) is 33.3 Å². The van der Waals surface area contributed by atoms with Gasteiger partial charge in [0.2, 0.25) is 0 Å². The molecule has 0 aromatic rings. The highest BCUT2D eigenvalue weighted by atomic mass is 19.4. The topological polar surface area (TPSA) is 64.6 Å². The largest absolute Gasteiger partial charge is 0.405 e. The molecular formula is C13H24F3N3O2. The Bertz CT molecular complexity index is 331. The molecule has 1 aliphatic rings. The summed E-state index contributed by atoms with van der Waals surface area (Å²) < 4.78 is 36.1. The zero-order valence-corrected chi connectivity index (χ0v) is 12.3. The van der Waals surface area contributed by atoms with Gasteiger partial charge >= 0.3 is 12.2 Å². The molecule has 1 aliphatic carbocycles. The molecule has 124 valence electrons. The van der Waals surface area contributed by atoms with Crippen LogP contribution < -0.4 is 10.6 Å². The molecule has 0 radical (unpaired) electrons. The van der Waals surface area contributed by atoms with Crippen molar-refractivity contribution in [1.82, 2.24) is 15.5 Å². The third-order valence-electron chi connectivity index (χ3n) is 4.06. The Kier molecular flexibility index (Phi) is 6.73. The first-order valence-corrected chi connectivity index (χ1v) is 7.20. The van der Waals surface area contributed by atoms with Crippen molar-refractivity contribution in [3.05, 3.63) is 0 Å². The Hall–Kier alpha value is -1.02. The molecule has 21 heavy (non-hydrogen) atoms. The Morgan fingerprint density at radius 3 is 2.38 bits per heavy atom. The first-order chi connectivity index (χ1) is 9.79. The van der Waals surface area contributed by atoms with E-state index in [-0.39, 0.29) is 18.7 Å². The summed E-state index contributed by atoms with van der Waals surface area (Å²) in [6.45, 7) is -0.560. The lowest BCUT2D eigenvalue weighted by Crippen LogP contribution is -2.57. The van der Waals surface area contributed by atoms with Crippen LogP contribution in [0.15, 0.2) is 0 Å². The van der Waals surface area contributed by atoms with Gasteiger partial charge in [-0.15, -0.1) is 0 Å². The van der Waals surface area contributed by atoms with Crippen molar-refractivity contribution in [3.8, 4) is 0 Å². The number of likely N-dealkylation sites (N-methyl/N-ethyl adjacent to an activating group) is 1. The van der Waals surface area contributed by atoms with Crippen molar-refractivity contribution in [2.24, 2.45) is 0 Å². The number of hydrogen-bond donors (Lipinski definition) is 3. The molecule has 1 fully saturated rings. The van der Waals surface area contributed by atoms with Gasteiger partial charge in [0, 0.05) is 18.6 Å². The second-order valence-electron chi connectivity index (χ2n) is 5.58. The second kappa shape index (κ2) is 7.84.